The van der Waals surface area contributed by atoms with Gasteiger partial charge in [0.2, 0.25) is 0 Å². The Labute approximate surface area is 150 Å². The zero-order chi connectivity index (χ0) is 17.2. The number of hydrogen-bond acceptors (Lipinski definition) is 1. The Hall–Kier alpha value is -0.0400. The zero-order valence-corrected chi connectivity index (χ0v) is 16.6. The fraction of sp³-hybridized carbons (Fsp3) is 1.00. The van der Waals surface area contributed by atoms with E-state index in [-0.39, 0.29) is 5.60 Å². The average Bonchev–Trinajstić information content (AvgIpc) is 2.92. The van der Waals surface area contributed by atoms with Crippen LogP contribution in [0.2, 0.25) is 0 Å². The van der Waals surface area contributed by atoms with Crippen LogP contribution >= 0.6 is 0 Å². The second kappa shape index (κ2) is 5.73. The topological polar surface area (TPSA) is 20.2 Å². The van der Waals surface area contributed by atoms with Crippen LogP contribution in [0.3, 0.4) is 0 Å². The van der Waals surface area contributed by atoms with Crippen LogP contribution in [0, 0.1) is 40.4 Å². The molecular formula is C23H40O. The van der Waals surface area contributed by atoms with Crippen LogP contribution in [0.4, 0.5) is 0 Å². The van der Waals surface area contributed by atoms with Crippen LogP contribution in [-0.4, -0.2) is 10.7 Å². The van der Waals surface area contributed by atoms with Gasteiger partial charge in [0.05, 0.1) is 5.60 Å². The van der Waals surface area contributed by atoms with E-state index in [0.29, 0.717) is 10.8 Å². The molecule has 4 rings (SSSR count). The molecule has 0 bridgehead atoms. The quantitative estimate of drug-likeness (QED) is 0.638. The van der Waals surface area contributed by atoms with E-state index in [1.165, 1.54) is 51.4 Å². The van der Waals surface area contributed by atoms with Gasteiger partial charge in [-0.15, -0.1) is 0 Å². The van der Waals surface area contributed by atoms with Crippen molar-refractivity contribution in [1.82, 2.24) is 0 Å². The number of rotatable bonds is 2. The Kier molecular flexibility index (Phi) is 4.15. The first-order chi connectivity index (χ1) is 11.4. The molecule has 24 heavy (non-hydrogen) atoms. The predicted octanol–water partition coefficient (Wildman–Crippen LogP) is 6.20. The first-order valence-corrected chi connectivity index (χ1v) is 11.1. The minimum absolute atomic E-state index is 0.346. The van der Waals surface area contributed by atoms with Gasteiger partial charge in [0.25, 0.3) is 0 Å². The van der Waals surface area contributed by atoms with E-state index in [1.807, 2.05) is 0 Å². The highest BCUT2D eigenvalue weighted by Crippen LogP contribution is 2.68. The fourth-order valence-electron chi connectivity index (χ4n) is 8.42. The van der Waals surface area contributed by atoms with Gasteiger partial charge in [0.15, 0.2) is 0 Å². The Balaban J connectivity index is 1.58. The lowest BCUT2D eigenvalue weighted by molar-refractivity contribution is -0.151. The van der Waals surface area contributed by atoms with Gasteiger partial charge in [-0.25, -0.2) is 0 Å². The van der Waals surface area contributed by atoms with E-state index in [9.17, 15) is 5.11 Å². The number of aliphatic hydroxyl groups is 1. The van der Waals surface area contributed by atoms with Gasteiger partial charge in [0.1, 0.15) is 0 Å². The third-order valence-corrected chi connectivity index (χ3v) is 10.2. The molecule has 1 N–H and O–H groups in total. The minimum atomic E-state index is -0.346. The Morgan fingerprint density at radius 3 is 2.29 bits per heavy atom. The van der Waals surface area contributed by atoms with Crippen molar-refractivity contribution in [3.05, 3.63) is 0 Å². The second-order valence-corrected chi connectivity index (χ2v) is 10.7. The Morgan fingerprint density at radius 1 is 0.833 bits per heavy atom. The summed E-state index contributed by atoms with van der Waals surface area (Å²) in [4.78, 5) is 0. The summed E-state index contributed by atoms with van der Waals surface area (Å²) in [6, 6.07) is 0. The second-order valence-electron chi connectivity index (χ2n) is 10.7. The lowest BCUT2D eigenvalue weighted by atomic mass is 9.43. The molecule has 4 fully saturated rings. The highest BCUT2D eigenvalue weighted by atomic mass is 16.3. The summed E-state index contributed by atoms with van der Waals surface area (Å²) in [6.07, 6.45) is 14.6. The Morgan fingerprint density at radius 2 is 1.58 bits per heavy atom. The third kappa shape index (κ3) is 2.29. The molecule has 0 amide bonds. The van der Waals surface area contributed by atoms with Crippen LogP contribution in [0.1, 0.15) is 98.3 Å². The van der Waals surface area contributed by atoms with Gasteiger partial charge in [-0.1, -0.05) is 34.1 Å². The molecule has 0 saturated heterocycles. The smallest absolute Gasteiger partial charge is 0.0648 e. The largest absolute Gasteiger partial charge is 0.390 e. The van der Waals surface area contributed by atoms with E-state index in [2.05, 4.69) is 27.7 Å². The lowest BCUT2D eigenvalue weighted by Gasteiger charge is -2.62. The molecule has 1 heteroatoms. The fourth-order valence-corrected chi connectivity index (χ4v) is 8.42. The molecule has 0 aromatic heterocycles. The van der Waals surface area contributed by atoms with Crippen LogP contribution in [0.25, 0.3) is 0 Å². The van der Waals surface area contributed by atoms with E-state index in [4.69, 9.17) is 0 Å². The molecule has 0 spiro atoms. The summed E-state index contributed by atoms with van der Waals surface area (Å²) in [5.41, 5.74) is 0.828. The van der Waals surface area contributed by atoms with Crippen molar-refractivity contribution >= 4 is 0 Å². The third-order valence-electron chi connectivity index (χ3n) is 10.2. The summed E-state index contributed by atoms with van der Waals surface area (Å²) >= 11 is 0. The summed E-state index contributed by atoms with van der Waals surface area (Å²) in [6.45, 7) is 9.89. The molecule has 138 valence electrons. The highest BCUT2D eigenvalue weighted by molar-refractivity contribution is 5.10. The van der Waals surface area contributed by atoms with Crippen molar-refractivity contribution in [2.45, 2.75) is 104 Å². The van der Waals surface area contributed by atoms with Gasteiger partial charge in [-0.05, 0) is 105 Å². The van der Waals surface area contributed by atoms with E-state index < -0.39 is 0 Å². The van der Waals surface area contributed by atoms with E-state index in [0.717, 1.165) is 48.9 Å². The first kappa shape index (κ1) is 17.4. The maximum atomic E-state index is 10.9. The van der Waals surface area contributed by atoms with Crippen molar-refractivity contribution in [3.8, 4) is 0 Å². The molecular weight excluding hydrogens is 292 g/mol. The molecule has 4 saturated carbocycles. The lowest BCUT2D eigenvalue weighted by Crippen LogP contribution is -2.55. The molecule has 0 aromatic carbocycles. The van der Waals surface area contributed by atoms with Crippen molar-refractivity contribution in [1.29, 1.82) is 0 Å². The molecule has 0 heterocycles. The summed E-state index contributed by atoms with van der Waals surface area (Å²) in [5.74, 6) is 4.72. The summed E-state index contributed by atoms with van der Waals surface area (Å²) in [7, 11) is 0. The molecule has 4 aliphatic carbocycles. The molecule has 1 nitrogen and oxygen atoms in total. The first-order valence-electron chi connectivity index (χ1n) is 11.1. The molecule has 0 aliphatic heterocycles. The minimum Gasteiger partial charge on any atom is -0.390 e. The molecule has 0 radical (unpaired) electrons. The van der Waals surface area contributed by atoms with Crippen LogP contribution in [-0.2, 0) is 0 Å². The molecule has 8 atom stereocenters. The maximum Gasteiger partial charge on any atom is 0.0648 e. The monoisotopic (exact) mass is 332 g/mol. The summed E-state index contributed by atoms with van der Waals surface area (Å²) in [5, 5.41) is 10.9. The number of fused-ring (bicyclic) bond motifs is 5. The van der Waals surface area contributed by atoms with Gasteiger partial charge < -0.3 is 5.11 Å². The van der Waals surface area contributed by atoms with Crippen molar-refractivity contribution in [2.75, 3.05) is 0 Å². The van der Waals surface area contributed by atoms with Crippen molar-refractivity contribution < 1.29 is 5.11 Å². The van der Waals surface area contributed by atoms with E-state index >= 15 is 0 Å². The SMILES string of the molecule is CC[C@H]1CC[C@H]2[C@@H]3CC[C@H]4C[C@](O)(CC)CC[C@]4(C)[C@H]3CCC12C. The van der Waals surface area contributed by atoms with Crippen LogP contribution < -0.4 is 0 Å². The van der Waals surface area contributed by atoms with Crippen LogP contribution in [0.15, 0.2) is 0 Å². The van der Waals surface area contributed by atoms with Gasteiger partial charge in [-0.3, -0.25) is 0 Å². The predicted molar refractivity (Wildman–Crippen MR) is 101 cm³/mol. The van der Waals surface area contributed by atoms with Crippen molar-refractivity contribution in [2.24, 2.45) is 40.4 Å². The van der Waals surface area contributed by atoms with Crippen molar-refractivity contribution in [3.63, 3.8) is 0 Å². The highest BCUT2D eigenvalue weighted by Gasteiger charge is 2.60. The van der Waals surface area contributed by atoms with Gasteiger partial charge in [0, 0.05) is 0 Å². The molecule has 1 unspecified atom stereocenters. The standard InChI is InChI=1S/C23H40O/c1-5-16-8-10-19-18-9-7-17-15-23(24,6-2)14-13-22(17,4)20(18)11-12-21(16,19)3/h16-20,24H,5-15H2,1-4H3/t16-,17-,18-,19-,20-,21?,22-,23-/m0/s1. The molecule has 4 aliphatic rings. The van der Waals surface area contributed by atoms with Gasteiger partial charge in [-0.2, -0.15) is 0 Å². The average molecular weight is 333 g/mol. The molecule has 0 aromatic rings. The maximum absolute atomic E-state index is 10.9. The van der Waals surface area contributed by atoms with Gasteiger partial charge >= 0.3 is 0 Å². The summed E-state index contributed by atoms with van der Waals surface area (Å²) < 4.78 is 0. The normalized spacial score (nSPS) is 57.1. The number of hydrogen-bond donors (Lipinski definition) is 1. The Bertz CT molecular complexity index is 486. The zero-order valence-electron chi connectivity index (χ0n) is 16.6. The van der Waals surface area contributed by atoms with E-state index in [1.54, 1.807) is 0 Å². The van der Waals surface area contributed by atoms with Crippen LogP contribution in [0.5, 0.6) is 0 Å².